The van der Waals surface area contributed by atoms with Crippen molar-refractivity contribution < 1.29 is 22.7 Å². The molecule has 1 heterocycles. The van der Waals surface area contributed by atoms with Gasteiger partial charge in [0.15, 0.2) is 11.5 Å². The molecule has 1 aliphatic rings. The zero-order valence-electron chi connectivity index (χ0n) is 14.3. The summed E-state index contributed by atoms with van der Waals surface area (Å²) in [6.45, 7) is 0.705. The number of nitrogens with one attached hydrogen (secondary N) is 2. The third-order valence-corrected chi connectivity index (χ3v) is 4.43. The van der Waals surface area contributed by atoms with Crippen molar-refractivity contribution in [2.75, 3.05) is 24.3 Å². The van der Waals surface area contributed by atoms with Gasteiger partial charge in [0.1, 0.15) is 0 Å². The first-order chi connectivity index (χ1) is 12.4. The van der Waals surface area contributed by atoms with Crippen molar-refractivity contribution in [3.8, 4) is 11.5 Å². The van der Waals surface area contributed by atoms with Crippen LogP contribution >= 0.6 is 0 Å². The molecule has 0 aromatic heterocycles. The molecule has 0 aliphatic carbocycles. The lowest BCUT2D eigenvalue weighted by atomic mass is 10.1. The Morgan fingerprint density at radius 1 is 1.12 bits per heavy atom. The predicted octanol–water partition coefficient (Wildman–Crippen LogP) is 1.69. The minimum absolute atomic E-state index is 0.0971. The summed E-state index contributed by atoms with van der Waals surface area (Å²) in [5.41, 5.74) is 2.08. The van der Waals surface area contributed by atoms with Crippen LogP contribution in [0, 0.1) is 0 Å². The molecule has 138 valence electrons. The summed E-state index contributed by atoms with van der Waals surface area (Å²) in [4.78, 5) is 12.2. The van der Waals surface area contributed by atoms with Gasteiger partial charge in [-0.2, -0.15) is 0 Å². The Kier molecular flexibility index (Phi) is 5.32. The fourth-order valence-electron chi connectivity index (χ4n) is 2.65. The second-order valence-corrected chi connectivity index (χ2v) is 7.74. The lowest BCUT2D eigenvalue weighted by Crippen LogP contribution is -2.27. The highest BCUT2D eigenvalue weighted by molar-refractivity contribution is 7.92. The molecule has 1 amide bonds. The Hall–Kier alpha value is -2.74. The summed E-state index contributed by atoms with van der Waals surface area (Å²) in [5, 5.41) is 2.85. The van der Waals surface area contributed by atoms with Crippen molar-refractivity contribution in [2.24, 2.45) is 0 Å². The number of hydrogen-bond acceptors (Lipinski definition) is 5. The maximum atomic E-state index is 12.2. The number of sulfonamides is 1. The van der Waals surface area contributed by atoms with E-state index in [-0.39, 0.29) is 19.1 Å². The summed E-state index contributed by atoms with van der Waals surface area (Å²) < 4.78 is 35.9. The monoisotopic (exact) mass is 376 g/mol. The number of anilines is 1. The largest absolute Gasteiger partial charge is 0.454 e. The van der Waals surface area contributed by atoms with Crippen LogP contribution in [0.4, 0.5) is 5.69 Å². The zero-order valence-corrected chi connectivity index (χ0v) is 15.1. The summed E-state index contributed by atoms with van der Waals surface area (Å²) >= 11 is 0. The molecule has 0 bridgehead atoms. The highest BCUT2D eigenvalue weighted by Gasteiger charge is 2.14. The number of ether oxygens (including phenoxy) is 2. The molecule has 0 unspecified atom stereocenters. The molecule has 0 fully saturated rings. The second-order valence-electron chi connectivity index (χ2n) is 6.00. The first-order valence-corrected chi connectivity index (χ1v) is 10.0. The zero-order chi connectivity index (χ0) is 18.6. The number of amides is 1. The smallest absolute Gasteiger partial charge is 0.231 e. The highest BCUT2D eigenvalue weighted by atomic mass is 32.2. The normalized spacial score (nSPS) is 12.7. The molecule has 1 aliphatic heterocycles. The molecule has 0 radical (unpaired) electrons. The number of benzene rings is 2. The van der Waals surface area contributed by atoms with Crippen molar-refractivity contribution in [1.82, 2.24) is 5.32 Å². The number of rotatable bonds is 7. The Morgan fingerprint density at radius 2 is 1.88 bits per heavy atom. The molecule has 0 saturated carbocycles. The molecule has 7 nitrogen and oxygen atoms in total. The van der Waals surface area contributed by atoms with Crippen LogP contribution in [0.2, 0.25) is 0 Å². The van der Waals surface area contributed by atoms with Crippen LogP contribution < -0.4 is 19.5 Å². The number of fused-ring (bicyclic) bond motifs is 1. The lowest BCUT2D eigenvalue weighted by Gasteiger charge is -2.11. The SMILES string of the molecule is CS(=O)(=O)Nc1ccccc1CC(=O)NCCc1ccc2c(c1)OCO2. The van der Waals surface area contributed by atoms with Gasteiger partial charge in [-0.05, 0) is 35.7 Å². The maximum absolute atomic E-state index is 12.2. The lowest BCUT2D eigenvalue weighted by molar-refractivity contribution is -0.120. The molecule has 2 N–H and O–H groups in total. The molecule has 0 atom stereocenters. The molecule has 26 heavy (non-hydrogen) atoms. The van der Waals surface area contributed by atoms with Crippen molar-refractivity contribution >= 4 is 21.6 Å². The third kappa shape index (κ3) is 4.89. The molecule has 8 heteroatoms. The first-order valence-electron chi connectivity index (χ1n) is 8.12. The molecular weight excluding hydrogens is 356 g/mol. The van der Waals surface area contributed by atoms with Gasteiger partial charge in [0, 0.05) is 6.54 Å². The van der Waals surface area contributed by atoms with E-state index < -0.39 is 10.0 Å². The van der Waals surface area contributed by atoms with E-state index in [1.807, 2.05) is 18.2 Å². The van der Waals surface area contributed by atoms with E-state index in [9.17, 15) is 13.2 Å². The summed E-state index contributed by atoms with van der Waals surface area (Å²) in [7, 11) is -3.40. The molecular formula is C18H20N2O5S. The predicted molar refractivity (Wildman–Crippen MR) is 97.9 cm³/mol. The van der Waals surface area contributed by atoms with Crippen LogP contribution in [-0.2, 0) is 27.7 Å². The van der Waals surface area contributed by atoms with Gasteiger partial charge in [-0.1, -0.05) is 24.3 Å². The van der Waals surface area contributed by atoms with E-state index in [1.54, 1.807) is 24.3 Å². The minimum Gasteiger partial charge on any atom is -0.454 e. The first kappa shape index (κ1) is 18.1. The van der Waals surface area contributed by atoms with Gasteiger partial charge in [0.2, 0.25) is 22.7 Å². The minimum atomic E-state index is -3.40. The number of carbonyl (C=O) groups excluding carboxylic acids is 1. The Balaban J connectivity index is 1.53. The Labute approximate surface area is 152 Å². The molecule has 2 aromatic carbocycles. The number of carbonyl (C=O) groups is 1. The summed E-state index contributed by atoms with van der Waals surface area (Å²) in [6.07, 6.45) is 1.83. The second kappa shape index (κ2) is 7.65. The van der Waals surface area contributed by atoms with Crippen molar-refractivity contribution in [3.05, 3.63) is 53.6 Å². The quantitative estimate of drug-likeness (QED) is 0.767. The average Bonchev–Trinajstić information content (AvgIpc) is 3.03. The van der Waals surface area contributed by atoms with Gasteiger partial charge in [-0.25, -0.2) is 8.42 Å². The van der Waals surface area contributed by atoms with Crippen LogP contribution in [0.25, 0.3) is 0 Å². The standard InChI is InChI=1S/C18H20N2O5S/c1-26(22,23)20-15-5-3-2-4-14(15)11-18(21)19-9-8-13-6-7-16-17(10-13)25-12-24-16/h2-7,10,20H,8-9,11-12H2,1H3,(H,19,21). The summed E-state index contributed by atoms with van der Waals surface area (Å²) in [6, 6.07) is 12.5. The van der Waals surface area contributed by atoms with E-state index in [0.717, 1.165) is 23.3 Å². The topological polar surface area (TPSA) is 93.7 Å². The van der Waals surface area contributed by atoms with Crippen molar-refractivity contribution in [2.45, 2.75) is 12.8 Å². The van der Waals surface area contributed by atoms with Gasteiger partial charge in [-0.15, -0.1) is 0 Å². The van der Waals surface area contributed by atoms with Crippen LogP contribution in [-0.4, -0.2) is 33.9 Å². The highest BCUT2D eigenvalue weighted by Crippen LogP contribution is 2.32. The molecule has 3 rings (SSSR count). The van der Waals surface area contributed by atoms with Crippen LogP contribution in [0.3, 0.4) is 0 Å². The van der Waals surface area contributed by atoms with E-state index in [0.29, 0.717) is 24.2 Å². The van der Waals surface area contributed by atoms with Gasteiger partial charge in [0.05, 0.1) is 18.4 Å². The molecule has 0 spiro atoms. The Morgan fingerprint density at radius 3 is 2.69 bits per heavy atom. The average molecular weight is 376 g/mol. The number of hydrogen-bond donors (Lipinski definition) is 2. The maximum Gasteiger partial charge on any atom is 0.231 e. The van der Waals surface area contributed by atoms with Crippen LogP contribution in [0.1, 0.15) is 11.1 Å². The van der Waals surface area contributed by atoms with E-state index >= 15 is 0 Å². The van der Waals surface area contributed by atoms with Crippen LogP contribution in [0.15, 0.2) is 42.5 Å². The van der Waals surface area contributed by atoms with Gasteiger partial charge < -0.3 is 14.8 Å². The van der Waals surface area contributed by atoms with Crippen LogP contribution in [0.5, 0.6) is 11.5 Å². The molecule has 0 saturated heterocycles. The third-order valence-electron chi connectivity index (χ3n) is 3.84. The summed E-state index contributed by atoms with van der Waals surface area (Å²) in [5.74, 6) is 1.27. The fraction of sp³-hybridized carbons (Fsp3) is 0.278. The van der Waals surface area contributed by atoms with Gasteiger partial charge in [0.25, 0.3) is 0 Å². The van der Waals surface area contributed by atoms with Gasteiger partial charge in [-0.3, -0.25) is 9.52 Å². The van der Waals surface area contributed by atoms with E-state index in [1.165, 1.54) is 0 Å². The van der Waals surface area contributed by atoms with E-state index in [4.69, 9.17) is 9.47 Å². The number of para-hydroxylation sites is 1. The van der Waals surface area contributed by atoms with Crippen molar-refractivity contribution in [1.29, 1.82) is 0 Å². The fourth-order valence-corrected chi connectivity index (χ4v) is 3.25. The molecule has 2 aromatic rings. The van der Waals surface area contributed by atoms with Gasteiger partial charge >= 0.3 is 0 Å². The Bertz CT molecular complexity index is 912. The van der Waals surface area contributed by atoms with Crippen molar-refractivity contribution in [3.63, 3.8) is 0 Å². The van der Waals surface area contributed by atoms with E-state index in [2.05, 4.69) is 10.0 Å².